The van der Waals surface area contributed by atoms with E-state index in [0.29, 0.717) is 38.4 Å². The molecule has 2 heterocycles. The van der Waals surface area contributed by atoms with Gasteiger partial charge in [-0.2, -0.15) is 26.3 Å². The van der Waals surface area contributed by atoms with Gasteiger partial charge in [-0.1, -0.05) is 0 Å². The topological polar surface area (TPSA) is 77.6 Å². The molecule has 2 N–H and O–H groups in total. The van der Waals surface area contributed by atoms with Crippen LogP contribution >= 0.6 is 0 Å². The predicted octanol–water partition coefficient (Wildman–Crippen LogP) is 2.00. The van der Waals surface area contributed by atoms with Gasteiger partial charge >= 0.3 is 18.4 Å². The summed E-state index contributed by atoms with van der Waals surface area (Å²) in [5, 5.41) is 3.36. The number of nitrogens with one attached hydrogen (secondary N) is 2. The van der Waals surface area contributed by atoms with Crippen molar-refractivity contribution in [2.45, 2.75) is 18.8 Å². The minimum absolute atomic E-state index is 0.201. The third-order valence-corrected chi connectivity index (χ3v) is 4.06. The lowest BCUT2D eigenvalue weighted by molar-refractivity contribution is -0.137. The smallest absolute Gasteiger partial charge is 0.355 e. The van der Waals surface area contributed by atoms with E-state index in [1.807, 2.05) is 5.32 Å². The van der Waals surface area contributed by atoms with E-state index >= 15 is 0 Å². The Kier molecular flexibility index (Phi) is 7.27. The number of pyridine rings is 1. The Labute approximate surface area is 162 Å². The second-order valence-corrected chi connectivity index (χ2v) is 6.37. The molecule has 13 heteroatoms. The molecule has 29 heavy (non-hydrogen) atoms. The van der Waals surface area contributed by atoms with Crippen LogP contribution in [0.2, 0.25) is 0 Å². The second kappa shape index (κ2) is 9.29. The van der Waals surface area contributed by atoms with Gasteiger partial charge in [0.05, 0.1) is 12.1 Å². The summed E-state index contributed by atoms with van der Waals surface area (Å²) >= 11 is 0. The molecule has 0 bridgehead atoms. The molecule has 0 aliphatic carbocycles. The number of carbonyl (C=O) groups excluding carboxylic acids is 2. The highest BCUT2D eigenvalue weighted by Gasteiger charge is 2.31. The van der Waals surface area contributed by atoms with Gasteiger partial charge in [-0.25, -0.2) is 9.78 Å². The van der Waals surface area contributed by atoms with Crippen molar-refractivity contribution in [3.05, 3.63) is 23.9 Å². The number of alkyl halides is 6. The zero-order valence-corrected chi connectivity index (χ0v) is 15.1. The first-order chi connectivity index (χ1) is 13.4. The summed E-state index contributed by atoms with van der Waals surface area (Å²) < 4.78 is 73.9. The van der Waals surface area contributed by atoms with Crippen LogP contribution in [0.1, 0.15) is 12.0 Å². The summed E-state index contributed by atoms with van der Waals surface area (Å²) in [5.41, 5.74) is -0.849. The highest BCUT2D eigenvalue weighted by molar-refractivity contribution is 5.95. The van der Waals surface area contributed by atoms with Crippen molar-refractivity contribution in [3.8, 4) is 0 Å². The zero-order valence-electron chi connectivity index (χ0n) is 15.1. The van der Waals surface area contributed by atoms with Crippen LogP contribution in [-0.4, -0.2) is 67.3 Å². The molecule has 0 radical (unpaired) electrons. The minimum Gasteiger partial charge on any atom is -0.355 e. The van der Waals surface area contributed by atoms with E-state index in [0.717, 1.165) is 12.3 Å². The van der Waals surface area contributed by atoms with Crippen LogP contribution in [0.5, 0.6) is 0 Å². The fourth-order valence-corrected chi connectivity index (χ4v) is 2.69. The molecule has 0 unspecified atom stereocenters. The molecule has 2 rings (SSSR count). The molecule has 7 nitrogen and oxygen atoms in total. The number of imide groups is 1. The third kappa shape index (κ3) is 7.75. The molecule has 0 saturated carbocycles. The molecule has 0 atom stereocenters. The predicted molar refractivity (Wildman–Crippen MR) is 90.1 cm³/mol. The quantitative estimate of drug-likeness (QED) is 0.719. The van der Waals surface area contributed by atoms with E-state index in [2.05, 4.69) is 4.98 Å². The molecular weight excluding hydrogens is 408 g/mol. The average Bonchev–Trinajstić information content (AvgIpc) is 2.84. The van der Waals surface area contributed by atoms with E-state index in [1.165, 1.54) is 11.4 Å². The fraction of sp³-hybridized carbons (Fsp3) is 0.562. The van der Waals surface area contributed by atoms with Gasteiger partial charge in [0.25, 0.3) is 0 Å². The van der Waals surface area contributed by atoms with Crippen LogP contribution in [0.3, 0.4) is 0 Å². The Morgan fingerprint density at radius 1 is 1.03 bits per heavy atom. The number of nitrogens with zero attached hydrogens (tertiary/aromatic N) is 3. The van der Waals surface area contributed by atoms with Gasteiger partial charge in [-0.3, -0.25) is 15.0 Å². The standard InChI is InChI=1S/C16H19F6N5O2/c17-15(18,19)10-24-14(29)25-13(28)9-26-4-1-5-27(7-6-26)12-3-2-11(8-23-12)16(20,21)22/h2-3,8H,1,4-7,9-10H2,(H2,24,25,28,29). The van der Waals surface area contributed by atoms with Crippen LogP contribution in [0.15, 0.2) is 18.3 Å². The Morgan fingerprint density at radius 2 is 1.76 bits per heavy atom. The van der Waals surface area contributed by atoms with Crippen LogP contribution in [0.4, 0.5) is 37.0 Å². The largest absolute Gasteiger partial charge is 0.417 e. The first-order valence-electron chi connectivity index (χ1n) is 8.59. The molecule has 1 saturated heterocycles. The van der Waals surface area contributed by atoms with Gasteiger partial charge in [-0.05, 0) is 18.6 Å². The average molecular weight is 427 g/mol. The van der Waals surface area contributed by atoms with E-state index in [1.54, 1.807) is 9.80 Å². The molecule has 0 spiro atoms. The Bertz CT molecular complexity index is 707. The molecule has 0 aromatic carbocycles. The van der Waals surface area contributed by atoms with Crippen LogP contribution in [-0.2, 0) is 11.0 Å². The van der Waals surface area contributed by atoms with Gasteiger partial charge in [0.15, 0.2) is 0 Å². The van der Waals surface area contributed by atoms with Crippen molar-refractivity contribution >= 4 is 17.8 Å². The van der Waals surface area contributed by atoms with Gasteiger partial charge in [0.1, 0.15) is 12.4 Å². The number of amides is 3. The third-order valence-electron chi connectivity index (χ3n) is 4.06. The van der Waals surface area contributed by atoms with Crippen LogP contribution < -0.4 is 15.5 Å². The Morgan fingerprint density at radius 3 is 2.34 bits per heavy atom. The maximum absolute atomic E-state index is 12.6. The van der Waals surface area contributed by atoms with Gasteiger partial charge in [0, 0.05) is 32.4 Å². The second-order valence-electron chi connectivity index (χ2n) is 6.37. The summed E-state index contributed by atoms with van der Waals surface area (Å²) in [4.78, 5) is 30.4. The van der Waals surface area contributed by atoms with Gasteiger partial charge < -0.3 is 10.2 Å². The lowest BCUT2D eigenvalue weighted by atomic mass is 10.2. The summed E-state index contributed by atoms with van der Waals surface area (Å²) in [7, 11) is 0. The summed E-state index contributed by atoms with van der Waals surface area (Å²) in [6, 6.07) is 0.978. The van der Waals surface area contributed by atoms with Crippen LogP contribution in [0.25, 0.3) is 0 Å². The first kappa shape index (κ1) is 22.7. The van der Waals surface area contributed by atoms with Gasteiger partial charge in [-0.15, -0.1) is 0 Å². The number of urea groups is 1. The number of carbonyl (C=O) groups is 2. The van der Waals surface area contributed by atoms with Crippen molar-refractivity contribution < 1.29 is 35.9 Å². The molecule has 1 aliphatic heterocycles. The van der Waals surface area contributed by atoms with Crippen molar-refractivity contribution in [1.29, 1.82) is 0 Å². The van der Waals surface area contributed by atoms with E-state index in [4.69, 9.17) is 0 Å². The van der Waals surface area contributed by atoms with Crippen LogP contribution in [0, 0.1) is 0 Å². The van der Waals surface area contributed by atoms with Crippen molar-refractivity contribution in [3.63, 3.8) is 0 Å². The minimum atomic E-state index is -4.58. The SMILES string of the molecule is O=C(CN1CCCN(c2ccc(C(F)(F)F)cn2)CC1)NC(=O)NCC(F)(F)F. The number of hydrogen-bond acceptors (Lipinski definition) is 5. The molecular formula is C16H19F6N5O2. The lowest BCUT2D eigenvalue weighted by Gasteiger charge is -2.22. The number of halogens is 6. The van der Waals surface area contributed by atoms with Crippen molar-refractivity contribution in [1.82, 2.24) is 20.5 Å². The summed E-state index contributed by atoms with van der Waals surface area (Å²) in [6.07, 6.45) is -7.72. The Hall–Kier alpha value is -2.57. The highest BCUT2D eigenvalue weighted by atomic mass is 19.4. The Balaban J connectivity index is 1.82. The number of aromatic nitrogens is 1. The molecule has 1 aromatic rings. The van der Waals surface area contributed by atoms with E-state index in [9.17, 15) is 35.9 Å². The summed E-state index contributed by atoms with van der Waals surface area (Å²) in [6.45, 7) is -0.0396. The molecule has 1 fully saturated rings. The number of hydrogen-bond donors (Lipinski definition) is 2. The highest BCUT2D eigenvalue weighted by Crippen LogP contribution is 2.29. The monoisotopic (exact) mass is 427 g/mol. The van der Waals surface area contributed by atoms with Gasteiger partial charge in [0.2, 0.25) is 5.91 Å². The number of anilines is 1. The maximum Gasteiger partial charge on any atom is 0.417 e. The zero-order chi connectivity index (χ0) is 21.7. The number of rotatable bonds is 4. The lowest BCUT2D eigenvalue weighted by Crippen LogP contribution is -2.47. The molecule has 1 aliphatic rings. The molecule has 162 valence electrons. The maximum atomic E-state index is 12.6. The van der Waals surface area contributed by atoms with E-state index in [-0.39, 0.29) is 6.54 Å². The normalized spacial score (nSPS) is 16.3. The van der Waals surface area contributed by atoms with Crippen molar-refractivity contribution in [2.75, 3.05) is 44.2 Å². The van der Waals surface area contributed by atoms with Crippen molar-refractivity contribution in [2.24, 2.45) is 0 Å². The first-order valence-corrected chi connectivity index (χ1v) is 8.59. The molecule has 3 amide bonds. The fourth-order valence-electron chi connectivity index (χ4n) is 2.69. The molecule has 1 aromatic heterocycles. The van der Waals surface area contributed by atoms with E-state index < -0.39 is 36.4 Å². The summed E-state index contributed by atoms with van der Waals surface area (Å²) in [5.74, 6) is -0.387.